The maximum Gasteiger partial charge on any atom is 0.377 e. The van der Waals surface area contributed by atoms with Crippen molar-refractivity contribution in [3.05, 3.63) is 18.2 Å². The lowest BCUT2D eigenvalue weighted by atomic mass is 10.3. The lowest BCUT2D eigenvalue weighted by Crippen LogP contribution is -2.25. The van der Waals surface area contributed by atoms with Gasteiger partial charge in [0.1, 0.15) is 0 Å². The van der Waals surface area contributed by atoms with E-state index in [1.54, 1.807) is 17.4 Å². The Labute approximate surface area is 107 Å². The zero-order valence-electron chi connectivity index (χ0n) is 9.89. The van der Waals surface area contributed by atoms with E-state index < -0.39 is 6.03 Å². The molecule has 0 fully saturated rings. The number of anilines is 2. The summed E-state index contributed by atoms with van der Waals surface area (Å²) in [4.78, 5) is 17.2. The van der Waals surface area contributed by atoms with Crippen molar-refractivity contribution in [2.24, 2.45) is 5.11 Å². The first-order chi connectivity index (χ1) is 8.60. The van der Waals surface area contributed by atoms with Crippen LogP contribution < -0.4 is 15.8 Å². The van der Waals surface area contributed by atoms with E-state index in [4.69, 9.17) is 5.53 Å². The standard InChI is InChI=1S/C10H12N6OS/c1-16(2)10-12-7-4-3-6(5-8(7)18-10)14-15-9(17)13-11/h3-5,11,14H,1-2H3,(H,15,17). The highest BCUT2D eigenvalue weighted by molar-refractivity contribution is 7.22. The molecule has 0 aliphatic rings. The lowest BCUT2D eigenvalue weighted by Gasteiger charge is -2.04. The number of hydrazine groups is 1. The third kappa shape index (κ3) is 2.54. The van der Waals surface area contributed by atoms with Crippen molar-refractivity contribution in [1.29, 1.82) is 5.53 Å². The second kappa shape index (κ2) is 4.96. The monoisotopic (exact) mass is 264 g/mol. The molecule has 94 valence electrons. The largest absolute Gasteiger partial charge is 0.377 e. The summed E-state index contributed by atoms with van der Waals surface area (Å²) in [6.45, 7) is 0. The Balaban J connectivity index is 2.21. The van der Waals surface area contributed by atoms with E-state index in [9.17, 15) is 4.79 Å². The maximum absolute atomic E-state index is 10.8. The number of amides is 2. The molecule has 0 saturated carbocycles. The molecule has 0 spiro atoms. The van der Waals surface area contributed by atoms with E-state index in [1.807, 2.05) is 31.1 Å². The third-order valence-electron chi connectivity index (χ3n) is 2.18. The average Bonchev–Trinajstić information content (AvgIpc) is 2.79. The second-order valence-corrected chi connectivity index (χ2v) is 4.75. The number of benzene rings is 1. The molecule has 2 aromatic rings. The summed E-state index contributed by atoms with van der Waals surface area (Å²) in [5.74, 6) is 0. The molecule has 1 aromatic heterocycles. The Morgan fingerprint density at radius 3 is 2.94 bits per heavy atom. The van der Waals surface area contributed by atoms with Gasteiger partial charge in [0.05, 0.1) is 15.9 Å². The molecule has 0 saturated heterocycles. The molecule has 0 bridgehead atoms. The first-order valence-electron chi connectivity index (χ1n) is 5.11. The van der Waals surface area contributed by atoms with Crippen molar-refractivity contribution < 1.29 is 4.79 Å². The zero-order valence-corrected chi connectivity index (χ0v) is 10.7. The van der Waals surface area contributed by atoms with E-state index >= 15 is 0 Å². The number of urea groups is 1. The first-order valence-corrected chi connectivity index (χ1v) is 5.93. The van der Waals surface area contributed by atoms with E-state index in [0.29, 0.717) is 5.69 Å². The van der Waals surface area contributed by atoms with Crippen molar-refractivity contribution in [1.82, 2.24) is 10.4 Å². The fraction of sp³-hybridized carbons (Fsp3) is 0.200. The van der Waals surface area contributed by atoms with Crippen LogP contribution in [0.5, 0.6) is 0 Å². The molecule has 0 aliphatic carbocycles. The van der Waals surface area contributed by atoms with Crippen LogP contribution in [-0.4, -0.2) is 25.1 Å². The van der Waals surface area contributed by atoms with Crippen molar-refractivity contribution in [3.63, 3.8) is 0 Å². The molecule has 8 heteroatoms. The van der Waals surface area contributed by atoms with Gasteiger partial charge in [0.25, 0.3) is 0 Å². The minimum Gasteiger partial charge on any atom is -0.354 e. The van der Waals surface area contributed by atoms with E-state index in [-0.39, 0.29) is 0 Å². The van der Waals surface area contributed by atoms with Crippen molar-refractivity contribution in [2.75, 3.05) is 24.4 Å². The van der Waals surface area contributed by atoms with Crippen molar-refractivity contribution in [2.45, 2.75) is 0 Å². The topological polar surface area (TPSA) is 93.5 Å². The van der Waals surface area contributed by atoms with Crippen LogP contribution >= 0.6 is 11.3 Å². The first kappa shape index (κ1) is 12.2. The number of thiazole rings is 1. The number of aromatic nitrogens is 1. The minimum absolute atomic E-state index is 0.716. The molecule has 3 N–H and O–H groups in total. The number of nitrogens with one attached hydrogen (secondary N) is 3. The summed E-state index contributed by atoms with van der Waals surface area (Å²) in [7, 11) is 3.87. The number of carbonyl (C=O) groups excluding carboxylic acids is 1. The van der Waals surface area contributed by atoms with E-state index in [2.05, 4.69) is 20.9 Å². The number of carbonyl (C=O) groups is 1. The molecule has 0 aliphatic heterocycles. The Kier molecular flexibility index (Phi) is 3.38. The van der Waals surface area contributed by atoms with Gasteiger partial charge in [-0.15, -0.1) is 0 Å². The van der Waals surface area contributed by atoms with Crippen LogP contribution in [0.4, 0.5) is 15.6 Å². The van der Waals surface area contributed by atoms with Gasteiger partial charge in [-0.05, 0) is 18.2 Å². The number of hydrogen-bond donors (Lipinski definition) is 3. The van der Waals surface area contributed by atoms with Crippen molar-refractivity contribution in [3.8, 4) is 0 Å². The van der Waals surface area contributed by atoms with Crippen LogP contribution in [0.3, 0.4) is 0 Å². The highest BCUT2D eigenvalue weighted by atomic mass is 32.1. The van der Waals surface area contributed by atoms with Gasteiger partial charge in [-0.25, -0.2) is 15.2 Å². The van der Waals surface area contributed by atoms with E-state index in [0.717, 1.165) is 15.3 Å². The SMILES string of the molecule is CN(C)c1nc2ccc(NNC(=O)N=N)cc2s1. The minimum atomic E-state index is -0.742. The fourth-order valence-corrected chi connectivity index (χ4v) is 2.26. The molecule has 0 unspecified atom stereocenters. The van der Waals surface area contributed by atoms with Gasteiger partial charge >= 0.3 is 6.03 Å². The molecule has 0 radical (unpaired) electrons. The molecular weight excluding hydrogens is 252 g/mol. The van der Waals surface area contributed by atoms with Gasteiger partial charge in [-0.1, -0.05) is 16.5 Å². The molecular formula is C10H12N6OS. The average molecular weight is 264 g/mol. The Morgan fingerprint density at radius 1 is 1.50 bits per heavy atom. The van der Waals surface area contributed by atoms with Crippen molar-refractivity contribution >= 4 is 38.4 Å². The summed E-state index contributed by atoms with van der Waals surface area (Å²) >= 11 is 1.56. The molecule has 18 heavy (non-hydrogen) atoms. The van der Waals surface area contributed by atoms with Gasteiger partial charge in [0, 0.05) is 14.1 Å². The number of hydrogen-bond acceptors (Lipinski definition) is 6. The van der Waals surface area contributed by atoms with Crippen LogP contribution in [0.1, 0.15) is 0 Å². The summed E-state index contributed by atoms with van der Waals surface area (Å²) in [5.41, 5.74) is 13.1. The predicted molar refractivity (Wildman–Crippen MR) is 71.2 cm³/mol. The van der Waals surface area contributed by atoms with Gasteiger partial charge < -0.3 is 4.90 Å². The van der Waals surface area contributed by atoms with E-state index in [1.165, 1.54) is 0 Å². The molecule has 1 aromatic carbocycles. The predicted octanol–water partition coefficient (Wildman–Crippen LogP) is 2.43. The van der Waals surface area contributed by atoms with Crippen LogP contribution in [-0.2, 0) is 0 Å². The Hall–Kier alpha value is -2.22. The Morgan fingerprint density at radius 2 is 2.28 bits per heavy atom. The van der Waals surface area contributed by atoms with Crippen LogP contribution in [0.2, 0.25) is 0 Å². The zero-order chi connectivity index (χ0) is 13.1. The third-order valence-corrected chi connectivity index (χ3v) is 3.36. The highest BCUT2D eigenvalue weighted by Gasteiger charge is 2.06. The lowest BCUT2D eigenvalue weighted by molar-refractivity contribution is 0.249. The number of rotatable bonds is 3. The van der Waals surface area contributed by atoms with Gasteiger partial charge in [0.2, 0.25) is 0 Å². The van der Waals surface area contributed by atoms with Crippen LogP contribution in [0, 0.1) is 5.53 Å². The highest BCUT2D eigenvalue weighted by Crippen LogP contribution is 2.29. The number of fused-ring (bicyclic) bond motifs is 1. The van der Waals surface area contributed by atoms with Crippen LogP contribution in [0.15, 0.2) is 23.3 Å². The van der Waals surface area contributed by atoms with Gasteiger partial charge in [-0.2, -0.15) is 5.53 Å². The van der Waals surface area contributed by atoms with Gasteiger partial charge in [0.15, 0.2) is 5.13 Å². The Bertz CT molecular complexity index is 593. The molecule has 2 rings (SSSR count). The molecule has 1 heterocycles. The molecule has 0 atom stereocenters. The quantitative estimate of drug-likeness (QED) is 0.586. The van der Waals surface area contributed by atoms with Crippen LogP contribution in [0.25, 0.3) is 10.2 Å². The number of nitrogens with zero attached hydrogens (tertiary/aromatic N) is 3. The maximum atomic E-state index is 10.8. The summed E-state index contributed by atoms with van der Waals surface area (Å²) in [6, 6.07) is 4.80. The summed E-state index contributed by atoms with van der Waals surface area (Å²) in [5, 5.41) is 3.64. The van der Waals surface area contributed by atoms with Gasteiger partial charge in [-0.3, -0.25) is 5.43 Å². The smallest absolute Gasteiger partial charge is 0.354 e. The second-order valence-electron chi connectivity index (χ2n) is 3.74. The fourth-order valence-electron chi connectivity index (χ4n) is 1.34. The molecule has 2 amide bonds. The summed E-state index contributed by atoms with van der Waals surface area (Å²) in [6.07, 6.45) is 0. The molecule has 7 nitrogen and oxygen atoms in total. The normalized spacial score (nSPS) is 10.1. The summed E-state index contributed by atoms with van der Waals surface area (Å²) < 4.78 is 1.01.